The molecule has 2 heterocycles. The molecule has 9 nitrogen and oxygen atoms in total. The summed E-state index contributed by atoms with van der Waals surface area (Å²) in [6.07, 6.45) is 1.85. The number of amides is 1. The molecular formula is C27H25FN2O7. The van der Waals surface area contributed by atoms with E-state index >= 15 is 0 Å². The monoisotopic (exact) mass is 508 g/mol. The minimum absolute atomic E-state index is 0.0104. The van der Waals surface area contributed by atoms with Crippen molar-refractivity contribution in [2.24, 2.45) is 0 Å². The Labute approximate surface area is 212 Å². The summed E-state index contributed by atoms with van der Waals surface area (Å²) in [5.74, 6) is -1.48. The zero-order valence-electron chi connectivity index (χ0n) is 20.2. The van der Waals surface area contributed by atoms with E-state index in [1.165, 1.54) is 44.7 Å². The molecule has 192 valence electrons. The molecule has 1 unspecified atom stereocenters. The second-order valence-corrected chi connectivity index (χ2v) is 7.99. The standard InChI is InChI=1S/C27H25FN2O7/c1-17(27(32)33-2)35-20-11-10-19(22(28)14-20)15-30-25(31)21-9-6-12-29-26(21)37-24-16-34-23(36-24)13-18-7-4-3-5-8-18/h3-12,14,16-17,23H,13,15H2,1-2H3,(H,30,31)/t17-,23?/m0/s1. The van der Waals surface area contributed by atoms with Crippen LogP contribution in [0.4, 0.5) is 4.39 Å². The van der Waals surface area contributed by atoms with Crippen molar-refractivity contribution in [3.05, 3.63) is 102 Å². The molecule has 0 fully saturated rings. The molecule has 0 radical (unpaired) electrons. The van der Waals surface area contributed by atoms with E-state index in [2.05, 4.69) is 15.0 Å². The lowest BCUT2D eigenvalue weighted by atomic mass is 10.1. The number of nitrogens with zero attached hydrogens (tertiary/aromatic N) is 1. The molecule has 2 atom stereocenters. The molecule has 1 aliphatic heterocycles. The summed E-state index contributed by atoms with van der Waals surface area (Å²) in [4.78, 5) is 28.4. The molecule has 37 heavy (non-hydrogen) atoms. The summed E-state index contributed by atoms with van der Waals surface area (Å²) < 4.78 is 41.3. The molecule has 4 rings (SSSR count). The molecule has 0 aliphatic carbocycles. The predicted octanol–water partition coefficient (Wildman–Crippen LogP) is 3.88. The van der Waals surface area contributed by atoms with Gasteiger partial charge in [-0.1, -0.05) is 36.4 Å². The van der Waals surface area contributed by atoms with Crippen LogP contribution in [0.5, 0.6) is 11.6 Å². The Morgan fingerprint density at radius 1 is 1.14 bits per heavy atom. The Balaban J connectivity index is 1.34. The lowest BCUT2D eigenvalue weighted by Crippen LogP contribution is -2.25. The fraction of sp³-hybridized carbons (Fsp3) is 0.222. The summed E-state index contributed by atoms with van der Waals surface area (Å²) in [5, 5.41) is 2.65. The smallest absolute Gasteiger partial charge is 0.346 e. The van der Waals surface area contributed by atoms with Gasteiger partial charge in [-0.15, -0.1) is 0 Å². The number of carbonyl (C=O) groups excluding carboxylic acids is 2. The van der Waals surface area contributed by atoms with Crippen LogP contribution in [0, 0.1) is 5.82 Å². The van der Waals surface area contributed by atoms with E-state index in [0.29, 0.717) is 6.42 Å². The molecule has 10 heteroatoms. The molecule has 1 N–H and O–H groups in total. The number of nitrogens with one attached hydrogen (secondary N) is 1. The van der Waals surface area contributed by atoms with Crippen molar-refractivity contribution >= 4 is 11.9 Å². The first-order valence-corrected chi connectivity index (χ1v) is 11.4. The summed E-state index contributed by atoms with van der Waals surface area (Å²) >= 11 is 0. The van der Waals surface area contributed by atoms with Crippen LogP contribution >= 0.6 is 0 Å². The van der Waals surface area contributed by atoms with Crippen molar-refractivity contribution in [3.8, 4) is 11.6 Å². The summed E-state index contributed by atoms with van der Waals surface area (Å²) in [6.45, 7) is 1.39. The van der Waals surface area contributed by atoms with E-state index in [-0.39, 0.29) is 35.2 Å². The van der Waals surface area contributed by atoms with E-state index in [0.717, 1.165) is 11.6 Å². The van der Waals surface area contributed by atoms with Gasteiger partial charge in [0.15, 0.2) is 12.4 Å². The number of esters is 1. The molecule has 1 amide bonds. The Morgan fingerprint density at radius 2 is 1.95 bits per heavy atom. The molecule has 0 bridgehead atoms. The van der Waals surface area contributed by atoms with Crippen molar-refractivity contribution < 1.29 is 37.7 Å². The van der Waals surface area contributed by atoms with Crippen molar-refractivity contribution in [1.29, 1.82) is 0 Å². The highest BCUT2D eigenvalue weighted by atomic mass is 19.1. The fourth-order valence-electron chi connectivity index (χ4n) is 3.43. The van der Waals surface area contributed by atoms with Crippen LogP contribution in [0.2, 0.25) is 0 Å². The number of halogens is 1. The third-order valence-corrected chi connectivity index (χ3v) is 5.33. The Bertz CT molecular complexity index is 1280. The van der Waals surface area contributed by atoms with E-state index in [9.17, 15) is 14.0 Å². The molecule has 0 saturated carbocycles. The van der Waals surface area contributed by atoms with Gasteiger partial charge >= 0.3 is 11.9 Å². The molecular weight excluding hydrogens is 483 g/mol. The van der Waals surface area contributed by atoms with E-state index < -0.39 is 30.1 Å². The molecule has 3 aromatic rings. The number of hydrogen-bond donors (Lipinski definition) is 1. The number of benzene rings is 2. The summed E-state index contributed by atoms with van der Waals surface area (Å²) in [7, 11) is 1.24. The SMILES string of the molecule is COC(=O)[C@H](C)Oc1ccc(CNC(=O)c2cccnc2OC2=COC(Cc3ccccc3)O2)c(F)c1. The second kappa shape index (κ2) is 11.9. The van der Waals surface area contributed by atoms with E-state index in [1.807, 2.05) is 30.3 Å². The number of pyridine rings is 1. The normalized spacial score (nSPS) is 15.0. The number of hydrogen-bond acceptors (Lipinski definition) is 8. The number of methoxy groups -OCH3 is 1. The first-order chi connectivity index (χ1) is 17.9. The quantitative estimate of drug-likeness (QED) is 0.412. The van der Waals surface area contributed by atoms with Crippen LogP contribution < -0.4 is 14.8 Å². The predicted molar refractivity (Wildman–Crippen MR) is 129 cm³/mol. The van der Waals surface area contributed by atoms with Crippen molar-refractivity contribution in [2.45, 2.75) is 32.3 Å². The Hall–Kier alpha value is -4.60. The first kappa shape index (κ1) is 25.5. The lowest BCUT2D eigenvalue weighted by Gasteiger charge is -2.14. The number of aromatic nitrogens is 1. The lowest BCUT2D eigenvalue weighted by molar-refractivity contribution is -0.147. The molecule has 1 aromatic heterocycles. The molecule has 1 aliphatic rings. The largest absolute Gasteiger partial charge is 0.479 e. The Kier molecular flexibility index (Phi) is 8.19. The molecule has 0 saturated heterocycles. The van der Waals surface area contributed by atoms with E-state index in [4.69, 9.17) is 18.9 Å². The fourth-order valence-corrected chi connectivity index (χ4v) is 3.43. The highest BCUT2D eigenvalue weighted by Gasteiger charge is 2.24. The van der Waals surface area contributed by atoms with Crippen molar-refractivity contribution in [2.75, 3.05) is 7.11 Å². The molecule has 2 aromatic carbocycles. The van der Waals surface area contributed by atoms with Gasteiger partial charge in [0.05, 0.1) is 7.11 Å². The summed E-state index contributed by atoms with van der Waals surface area (Å²) in [6, 6.07) is 16.9. The van der Waals surface area contributed by atoms with Gasteiger partial charge in [-0.3, -0.25) is 4.79 Å². The van der Waals surface area contributed by atoms with Crippen molar-refractivity contribution in [1.82, 2.24) is 10.3 Å². The topological polar surface area (TPSA) is 105 Å². The van der Waals surface area contributed by atoms with Crippen LogP contribution in [-0.2, 0) is 32.0 Å². The van der Waals surface area contributed by atoms with Gasteiger partial charge < -0.3 is 29.0 Å². The second-order valence-electron chi connectivity index (χ2n) is 7.99. The highest BCUT2D eigenvalue weighted by molar-refractivity contribution is 5.96. The van der Waals surface area contributed by atoms with Gasteiger partial charge in [-0.25, -0.2) is 14.2 Å². The maximum atomic E-state index is 14.6. The van der Waals surface area contributed by atoms with Crippen LogP contribution in [0.1, 0.15) is 28.4 Å². The van der Waals surface area contributed by atoms with Gasteiger partial charge in [0, 0.05) is 30.8 Å². The average Bonchev–Trinajstić information content (AvgIpc) is 3.34. The van der Waals surface area contributed by atoms with Gasteiger partial charge in [0.25, 0.3) is 5.91 Å². The van der Waals surface area contributed by atoms with Gasteiger partial charge in [0.2, 0.25) is 12.2 Å². The number of carbonyl (C=O) groups is 2. The Morgan fingerprint density at radius 3 is 2.70 bits per heavy atom. The van der Waals surface area contributed by atoms with Crippen LogP contribution in [-0.4, -0.2) is 36.4 Å². The number of rotatable bonds is 10. The van der Waals surface area contributed by atoms with Gasteiger partial charge in [-0.2, -0.15) is 0 Å². The van der Waals surface area contributed by atoms with Crippen LogP contribution in [0.25, 0.3) is 0 Å². The van der Waals surface area contributed by atoms with Gasteiger partial charge in [0.1, 0.15) is 17.1 Å². The van der Waals surface area contributed by atoms with E-state index in [1.54, 1.807) is 6.07 Å². The summed E-state index contributed by atoms with van der Waals surface area (Å²) in [5.41, 5.74) is 1.38. The zero-order valence-corrected chi connectivity index (χ0v) is 20.2. The minimum atomic E-state index is -0.892. The average molecular weight is 509 g/mol. The third-order valence-electron chi connectivity index (χ3n) is 5.33. The maximum absolute atomic E-state index is 14.6. The number of ether oxygens (including phenoxy) is 5. The van der Waals surface area contributed by atoms with Crippen molar-refractivity contribution in [3.63, 3.8) is 0 Å². The maximum Gasteiger partial charge on any atom is 0.346 e. The zero-order chi connectivity index (χ0) is 26.2. The van der Waals surface area contributed by atoms with Crippen LogP contribution in [0.3, 0.4) is 0 Å². The van der Waals surface area contributed by atoms with Gasteiger partial charge in [-0.05, 0) is 30.7 Å². The minimum Gasteiger partial charge on any atom is -0.479 e. The first-order valence-electron chi connectivity index (χ1n) is 11.4. The third kappa shape index (κ3) is 6.75. The molecule has 0 spiro atoms. The highest BCUT2D eigenvalue weighted by Crippen LogP contribution is 2.24. The van der Waals surface area contributed by atoms with Crippen LogP contribution in [0.15, 0.2) is 79.1 Å².